The molecule has 24 heavy (non-hydrogen) atoms. The molecule has 2 amide bonds. The van der Waals surface area contributed by atoms with Gasteiger partial charge in [0, 0.05) is 52.9 Å². The first kappa shape index (κ1) is 17.8. The zero-order chi connectivity index (χ0) is 17.7. The van der Waals surface area contributed by atoms with E-state index in [2.05, 4.69) is 0 Å². The zero-order valence-corrected chi connectivity index (χ0v) is 14.3. The summed E-state index contributed by atoms with van der Waals surface area (Å²) in [5, 5.41) is 0. The number of hydrogen-bond donors (Lipinski definition) is 0. The molecule has 1 aliphatic rings. The molecule has 2 rings (SSSR count). The Balaban J connectivity index is 1.85. The number of amides is 2. The fourth-order valence-corrected chi connectivity index (χ4v) is 2.48. The summed E-state index contributed by atoms with van der Waals surface area (Å²) >= 11 is 0. The lowest BCUT2D eigenvalue weighted by Crippen LogP contribution is -2.51. The summed E-state index contributed by atoms with van der Waals surface area (Å²) in [6, 6.07) is 7.04. The molecular weight excluding hydrogens is 310 g/mol. The van der Waals surface area contributed by atoms with Crippen molar-refractivity contribution in [3.8, 4) is 0 Å². The fraction of sp³-hybridized carbons (Fsp3) is 0.471. The van der Waals surface area contributed by atoms with Gasteiger partial charge in [0.2, 0.25) is 5.91 Å². The van der Waals surface area contributed by atoms with Gasteiger partial charge in [0.15, 0.2) is 6.61 Å². The first-order chi connectivity index (χ1) is 11.4. The summed E-state index contributed by atoms with van der Waals surface area (Å²) in [5.74, 6) is -0.751. The van der Waals surface area contributed by atoms with E-state index >= 15 is 0 Å². The van der Waals surface area contributed by atoms with Gasteiger partial charge in [0.05, 0.1) is 5.56 Å². The highest BCUT2D eigenvalue weighted by Gasteiger charge is 2.23. The van der Waals surface area contributed by atoms with Crippen molar-refractivity contribution in [1.82, 2.24) is 9.80 Å². The van der Waals surface area contributed by atoms with Gasteiger partial charge in [-0.05, 0) is 18.2 Å². The van der Waals surface area contributed by atoms with Crippen LogP contribution >= 0.6 is 0 Å². The minimum atomic E-state index is -0.519. The molecule has 0 spiro atoms. The molecule has 0 N–H and O–H groups in total. The smallest absolute Gasteiger partial charge is 0.338 e. The highest BCUT2D eigenvalue weighted by molar-refractivity contribution is 5.92. The van der Waals surface area contributed by atoms with E-state index < -0.39 is 5.97 Å². The molecule has 0 radical (unpaired) electrons. The molecule has 1 aromatic rings. The molecular formula is C17H23N3O4. The maximum atomic E-state index is 12.1. The third kappa shape index (κ3) is 4.47. The Morgan fingerprint density at radius 3 is 2.29 bits per heavy atom. The van der Waals surface area contributed by atoms with Crippen molar-refractivity contribution in [2.45, 2.75) is 6.92 Å². The summed E-state index contributed by atoms with van der Waals surface area (Å²) in [4.78, 5) is 40.7. The van der Waals surface area contributed by atoms with Crippen LogP contribution in [0.3, 0.4) is 0 Å². The number of nitrogens with zero attached hydrogens (tertiary/aromatic N) is 3. The van der Waals surface area contributed by atoms with Crippen LogP contribution in [0.25, 0.3) is 0 Å². The lowest BCUT2D eigenvalue weighted by molar-refractivity contribution is -0.140. The molecule has 1 aliphatic heterocycles. The van der Waals surface area contributed by atoms with E-state index in [0.29, 0.717) is 31.7 Å². The Morgan fingerprint density at radius 1 is 1.08 bits per heavy atom. The number of anilines is 1. The molecule has 7 heteroatoms. The molecule has 0 aromatic heterocycles. The van der Waals surface area contributed by atoms with E-state index in [-0.39, 0.29) is 18.4 Å². The molecule has 1 aromatic carbocycles. The van der Waals surface area contributed by atoms with E-state index in [4.69, 9.17) is 4.74 Å². The lowest BCUT2D eigenvalue weighted by Gasteiger charge is -2.34. The molecule has 0 aliphatic carbocycles. The average Bonchev–Trinajstić information content (AvgIpc) is 2.59. The first-order valence-electron chi connectivity index (χ1n) is 7.86. The van der Waals surface area contributed by atoms with Crippen LogP contribution in [0, 0.1) is 0 Å². The van der Waals surface area contributed by atoms with E-state index in [1.807, 2.05) is 25.1 Å². The summed E-state index contributed by atoms with van der Waals surface area (Å²) < 4.78 is 5.12. The molecule has 7 nitrogen and oxygen atoms in total. The van der Waals surface area contributed by atoms with Gasteiger partial charge in [-0.25, -0.2) is 4.79 Å². The number of rotatable bonds is 4. The Bertz CT molecular complexity index is 622. The molecule has 1 heterocycles. The van der Waals surface area contributed by atoms with Crippen molar-refractivity contribution in [3.63, 3.8) is 0 Å². The van der Waals surface area contributed by atoms with Gasteiger partial charge >= 0.3 is 5.97 Å². The summed E-state index contributed by atoms with van der Waals surface area (Å²) in [7, 11) is 3.77. The van der Waals surface area contributed by atoms with Gasteiger partial charge in [-0.2, -0.15) is 0 Å². The number of ether oxygens (including phenoxy) is 1. The predicted molar refractivity (Wildman–Crippen MR) is 89.9 cm³/mol. The SMILES string of the molecule is CC(=O)N1CCN(C(=O)COC(=O)c2cccc(N(C)C)c2)CC1. The molecule has 130 valence electrons. The highest BCUT2D eigenvalue weighted by atomic mass is 16.5. The Morgan fingerprint density at radius 2 is 1.71 bits per heavy atom. The maximum Gasteiger partial charge on any atom is 0.338 e. The second-order valence-electron chi connectivity index (χ2n) is 5.91. The second kappa shape index (κ2) is 7.81. The van der Waals surface area contributed by atoms with Crippen LogP contribution in [0.2, 0.25) is 0 Å². The summed E-state index contributed by atoms with van der Waals surface area (Å²) in [6.45, 7) is 3.18. The number of benzene rings is 1. The van der Waals surface area contributed by atoms with Crippen LogP contribution in [0.5, 0.6) is 0 Å². The zero-order valence-electron chi connectivity index (χ0n) is 14.3. The van der Waals surface area contributed by atoms with Crippen LogP contribution in [0.15, 0.2) is 24.3 Å². The third-order valence-electron chi connectivity index (χ3n) is 4.00. The van der Waals surface area contributed by atoms with Gasteiger partial charge in [-0.1, -0.05) is 6.07 Å². The third-order valence-corrected chi connectivity index (χ3v) is 4.00. The highest BCUT2D eigenvalue weighted by Crippen LogP contribution is 2.14. The van der Waals surface area contributed by atoms with Crippen LogP contribution in [0.4, 0.5) is 5.69 Å². The largest absolute Gasteiger partial charge is 0.452 e. The lowest BCUT2D eigenvalue weighted by atomic mass is 10.2. The molecule has 1 fully saturated rings. The van der Waals surface area contributed by atoms with Gasteiger partial charge in [-0.3, -0.25) is 9.59 Å². The summed E-state index contributed by atoms with van der Waals surface area (Å²) in [6.07, 6.45) is 0. The van der Waals surface area contributed by atoms with Crippen molar-refractivity contribution in [2.24, 2.45) is 0 Å². The minimum absolute atomic E-state index is 0.00861. The molecule has 1 saturated heterocycles. The number of hydrogen-bond acceptors (Lipinski definition) is 5. The minimum Gasteiger partial charge on any atom is -0.452 e. The average molecular weight is 333 g/mol. The Hall–Kier alpha value is -2.57. The number of carbonyl (C=O) groups is 3. The van der Waals surface area contributed by atoms with Crippen LogP contribution < -0.4 is 4.90 Å². The molecule has 0 atom stereocenters. The van der Waals surface area contributed by atoms with E-state index in [0.717, 1.165) is 5.69 Å². The Kier molecular flexibility index (Phi) is 5.78. The van der Waals surface area contributed by atoms with Gasteiger partial charge in [0.1, 0.15) is 0 Å². The molecule has 0 unspecified atom stereocenters. The predicted octanol–water partition coefficient (Wildman–Crippen LogP) is 0.600. The monoisotopic (exact) mass is 333 g/mol. The van der Waals surface area contributed by atoms with E-state index in [1.165, 1.54) is 6.92 Å². The van der Waals surface area contributed by atoms with E-state index in [1.54, 1.807) is 28.0 Å². The van der Waals surface area contributed by atoms with Crippen molar-refractivity contribution in [3.05, 3.63) is 29.8 Å². The number of piperazine rings is 1. The van der Waals surface area contributed by atoms with Crippen LogP contribution in [-0.4, -0.2) is 74.5 Å². The van der Waals surface area contributed by atoms with Crippen molar-refractivity contribution in [2.75, 3.05) is 51.8 Å². The topological polar surface area (TPSA) is 70.2 Å². The molecule has 0 bridgehead atoms. The standard InChI is InChI=1S/C17H23N3O4/c1-13(21)19-7-9-20(10-8-19)16(22)12-24-17(23)14-5-4-6-15(11-14)18(2)3/h4-6,11H,7-10,12H2,1-3H3. The molecule has 0 saturated carbocycles. The van der Waals surface area contributed by atoms with Crippen molar-refractivity contribution >= 4 is 23.5 Å². The maximum absolute atomic E-state index is 12.1. The summed E-state index contributed by atoms with van der Waals surface area (Å²) in [5.41, 5.74) is 1.30. The van der Waals surface area contributed by atoms with Crippen molar-refractivity contribution < 1.29 is 19.1 Å². The second-order valence-corrected chi connectivity index (χ2v) is 5.91. The van der Waals surface area contributed by atoms with Gasteiger partial charge < -0.3 is 19.4 Å². The number of carbonyl (C=O) groups excluding carboxylic acids is 3. The first-order valence-corrected chi connectivity index (χ1v) is 7.86. The van der Waals surface area contributed by atoms with Crippen molar-refractivity contribution in [1.29, 1.82) is 0 Å². The van der Waals surface area contributed by atoms with Gasteiger partial charge in [0.25, 0.3) is 5.91 Å². The van der Waals surface area contributed by atoms with E-state index in [9.17, 15) is 14.4 Å². The quantitative estimate of drug-likeness (QED) is 0.755. The normalized spacial score (nSPS) is 14.3. The fourth-order valence-electron chi connectivity index (χ4n) is 2.48. The number of esters is 1. The van der Waals surface area contributed by atoms with Crippen LogP contribution in [0.1, 0.15) is 17.3 Å². The Labute approximate surface area is 141 Å². The van der Waals surface area contributed by atoms with Gasteiger partial charge in [-0.15, -0.1) is 0 Å². The van der Waals surface area contributed by atoms with Crippen LogP contribution in [-0.2, 0) is 14.3 Å².